The SMILES string of the molecule is O=C1N(CCO)CCCC12CCN(Cc1nnc(-c3ccccc3)o1)C2. The first-order valence-electron chi connectivity index (χ1n) is 9.21. The van der Waals surface area contributed by atoms with Crippen LogP contribution in [0.15, 0.2) is 34.7 Å². The van der Waals surface area contributed by atoms with Gasteiger partial charge in [-0.15, -0.1) is 10.2 Å². The standard InChI is InChI=1S/C19H24N4O3/c24-12-11-23-9-4-7-19(18(23)25)8-10-22(14-19)13-16-20-21-17(26-16)15-5-2-1-3-6-15/h1-3,5-6,24H,4,7-14H2. The van der Waals surface area contributed by atoms with Crippen molar-refractivity contribution >= 4 is 5.91 Å². The molecule has 7 nitrogen and oxygen atoms in total. The molecule has 1 N–H and O–H groups in total. The number of benzene rings is 1. The summed E-state index contributed by atoms with van der Waals surface area (Å²) in [6.45, 7) is 3.35. The Morgan fingerprint density at radius 2 is 2.00 bits per heavy atom. The van der Waals surface area contributed by atoms with Crippen LogP contribution in [0.2, 0.25) is 0 Å². The topological polar surface area (TPSA) is 82.7 Å². The van der Waals surface area contributed by atoms with Crippen molar-refractivity contribution < 1.29 is 14.3 Å². The lowest BCUT2D eigenvalue weighted by Gasteiger charge is -2.39. The van der Waals surface area contributed by atoms with Crippen molar-refractivity contribution in [1.29, 1.82) is 0 Å². The van der Waals surface area contributed by atoms with E-state index in [1.165, 1.54) is 0 Å². The lowest BCUT2D eigenvalue weighted by Crippen LogP contribution is -2.50. The Labute approximate surface area is 152 Å². The summed E-state index contributed by atoms with van der Waals surface area (Å²) in [7, 11) is 0. The zero-order valence-corrected chi connectivity index (χ0v) is 14.8. The molecule has 1 aromatic carbocycles. The number of hydrogen-bond donors (Lipinski definition) is 1. The van der Waals surface area contributed by atoms with Crippen LogP contribution in [0.4, 0.5) is 0 Å². The number of piperidine rings is 1. The smallest absolute Gasteiger partial charge is 0.247 e. The number of β-amino-alcohol motifs (C(OH)–C–C–N with tert-alkyl or cyclic N) is 1. The number of carbonyl (C=O) groups is 1. The fourth-order valence-electron chi connectivity index (χ4n) is 4.16. The lowest BCUT2D eigenvalue weighted by molar-refractivity contribution is -0.146. The summed E-state index contributed by atoms with van der Waals surface area (Å²) in [5, 5.41) is 17.5. The number of nitrogens with zero attached hydrogens (tertiary/aromatic N) is 4. The number of amides is 1. The third kappa shape index (κ3) is 3.24. The number of likely N-dealkylation sites (tertiary alicyclic amines) is 2. The highest BCUT2D eigenvalue weighted by Crippen LogP contribution is 2.40. The van der Waals surface area contributed by atoms with Gasteiger partial charge in [0.2, 0.25) is 17.7 Å². The molecule has 0 aliphatic carbocycles. The first kappa shape index (κ1) is 17.2. The van der Waals surface area contributed by atoms with Gasteiger partial charge in [-0.2, -0.15) is 0 Å². The fraction of sp³-hybridized carbons (Fsp3) is 0.526. The number of hydrogen-bond acceptors (Lipinski definition) is 6. The summed E-state index contributed by atoms with van der Waals surface area (Å²) in [4.78, 5) is 16.9. The van der Waals surface area contributed by atoms with E-state index in [1.807, 2.05) is 35.2 Å². The molecule has 1 spiro atoms. The van der Waals surface area contributed by atoms with Crippen molar-refractivity contribution in [2.45, 2.75) is 25.8 Å². The van der Waals surface area contributed by atoms with Crippen LogP contribution < -0.4 is 0 Å². The maximum Gasteiger partial charge on any atom is 0.247 e. The van der Waals surface area contributed by atoms with Crippen LogP contribution in [-0.2, 0) is 11.3 Å². The largest absolute Gasteiger partial charge is 0.419 e. The van der Waals surface area contributed by atoms with Gasteiger partial charge in [-0.05, 0) is 37.9 Å². The van der Waals surface area contributed by atoms with Crippen molar-refractivity contribution in [1.82, 2.24) is 20.0 Å². The molecule has 2 aliphatic heterocycles. The number of aliphatic hydroxyl groups excluding tert-OH is 1. The normalized spacial score (nSPS) is 23.9. The van der Waals surface area contributed by atoms with Gasteiger partial charge in [0.25, 0.3) is 0 Å². The molecule has 0 radical (unpaired) electrons. The van der Waals surface area contributed by atoms with Crippen LogP contribution in [0.5, 0.6) is 0 Å². The summed E-state index contributed by atoms with van der Waals surface area (Å²) < 4.78 is 5.80. The Kier molecular flexibility index (Phi) is 4.74. The number of aromatic nitrogens is 2. The van der Waals surface area contributed by atoms with Crippen molar-refractivity contribution in [3.8, 4) is 11.5 Å². The quantitative estimate of drug-likeness (QED) is 0.875. The average Bonchev–Trinajstić information content (AvgIpc) is 3.29. The zero-order valence-electron chi connectivity index (χ0n) is 14.8. The third-order valence-corrected chi connectivity index (χ3v) is 5.47. The van der Waals surface area contributed by atoms with E-state index in [-0.39, 0.29) is 17.9 Å². The van der Waals surface area contributed by atoms with E-state index < -0.39 is 0 Å². The van der Waals surface area contributed by atoms with Crippen molar-refractivity contribution in [2.24, 2.45) is 5.41 Å². The predicted octanol–water partition coefficient (Wildman–Crippen LogP) is 1.54. The van der Waals surface area contributed by atoms with Crippen LogP contribution in [-0.4, -0.2) is 63.8 Å². The summed E-state index contributed by atoms with van der Waals surface area (Å²) in [5.74, 6) is 1.30. The van der Waals surface area contributed by atoms with Gasteiger partial charge >= 0.3 is 0 Å². The van der Waals surface area contributed by atoms with Gasteiger partial charge in [-0.25, -0.2) is 0 Å². The van der Waals surface area contributed by atoms with Gasteiger partial charge in [0.1, 0.15) is 0 Å². The monoisotopic (exact) mass is 356 g/mol. The van der Waals surface area contributed by atoms with E-state index in [0.29, 0.717) is 24.9 Å². The third-order valence-electron chi connectivity index (χ3n) is 5.47. The molecule has 138 valence electrons. The molecule has 1 amide bonds. The Balaban J connectivity index is 1.42. The molecule has 2 aliphatic rings. The molecular formula is C19H24N4O3. The highest BCUT2D eigenvalue weighted by atomic mass is 16.4. The maximum absolute atomic E-state index is 12.9. The van der Waals surface area contributed by atoms with Crippen LogP contribution in [0, 0.1) is 5.41 Å². The van der Waals surface area contributed by atoms with E-state index in [4.69, 9.17) is 4.42 Å². The molecule has 4 rings (SSSR count). The van der Waals surface area contributed by atoms with E-state index in [2.05, 4.69) is 15.1 Å². The molecule has 26 heavy (non-hydrogen) atoms. The summed E-state index contributed by atoms with van der Waals surface area (Å²) >= 11 is 0. The predicted molar refractivity (Wildman–Crippen MR) is 95.0 cm³/mol. The van der Waals surface area contributed by atoms with E-state index in [9.17, 15) is 9.90 Å². The molecule has 3 heterocycles. The van der Waals surface area contributed by atoms with Crippen molar-refractivity contribution in [2.75, 3.05) is 32.8 Å². The number of carbonyl (C=O) groups excluding carboxylic acids is 1. The second-order valence-electron chi connectivity index (χ2n) is 7.23. The van der Waals surface area contributed by atoms with Crippen molar-refractivity contribution in [3.05, 3.63) is 36.2 Å². The molecule has 2 aromatic rings. The first-order valence-corrected chi connectivity index (χ1v) is 9.21. The lowest BCUT2D eigenvalue weighted by atomic mass is 9.78. The summed E-state index contributed by atoms with van der Waals surface area (Å²) in [6, 6.07) is 9.72. The maximum atomic E-state index is 12.9. The highest BCUT2D eigenvalue weighted by Gasteiger charge is 2.48. The van der Waals surface area contributed by atoms with E-state index in [1.54, 1.807) is 0 Å². The minimum Gasteiger partial charge on any atom is -0.419 e. The molecule has 1 unspecified atom stereocenters. The fourth-order valence-corrected chi connectivity index (χ4v) is 4.16. The number of aliphatic hydroxyl groups is 1. The molecule has 1 aromatic heterocycles. The Morgan fingerprint density at radius 1 is 1.15 bits per heavy atom. The second-order valence-corrected chi connectivity index (χ2v) is 7.23. The van der Waals surface area contributed by atoms with Gasteiger partial charge in [-0.3, -0.25) is 9.69 Å². The highest BCUT2D eigenvalue weighted by molar-refractivity contribution is 5.84. The molecule has 2 fully saturated rings. The number of rotatable bonds is 5. The van der Waals surface area contributed by atoms with Crippen LogP contribution >= 0.6 is 0 Å². The Bertz CT molecular complexity index is 761. The molecule has 2 saturated heterocycles. The van der Waals surface area contributed by atoms with Crippen LogP contribution in [0.25, 0.3) is 11.5 Å². The minimum absolute atomic E-state index is 0.0236. The van der Waals surface area contributed by atoms with Gasteiger partial charge in [-0.1, -0.05) is 18.2 Å². The van der Waals surface area contributed by atoms with E-state index in [0.717, 1.165) is 44.5 Å². The molecule has 1 atom stereocenters. The minimum atomic E-state index is -0.310. The first-order chi connectivity index (χ1) is 12.7. The Morgan fingerprint density at radius 3 is 2.81 bits per heavy atom. The van der Waals surface area contributed by atoms with Crippen molar-refractivity contribution in [3.63, 3.8) is 0 Å². The van der Waals surface area contributed by atoms with E-state index >= 15 is 0 Å². The summed E-state index contributed by atoms with van der Waals surface area (Å²) in [6.07, 6.45) is 2.77. The second kappa shape index (κ2) is 7.17. The van der Waals surface area contributed by atoms with Gasteiger partial charge in [0.15, 0.2) is 0 Å². The summed E-state index contributed by atoms with van der Waals surface area (Å²) in [5.41, 5.74) is 0.599. The van der Waals surface area contributed by atoms with Gasteiger partial charge < -0.3 is 14.4 Å². The molecule has 7 heteroatoms. The van der Waals surface area contributed by atoms with Gasteiger partial charge in [0.05, 0.1) is 18.6 Å². The zero-order chi connectivity index (χ0) is 18.0. The molecule has 0 saturated carbocycles. The molecule has 0 bridgehead atoms. The Hall–Kier alpha value is -2.25. The van der Waals surface area contributed by atoms with Gasteiger partial charge in [0, 0.05) is 25.2 Å². The van der Waals surface area contributed by atoms with Crippen LogP contribution in [0.1, 0.15) is 25.2 Å². The molecular weight excluding hydrogens is 332 g/mol. The van der Waals surface area contributed by atoms with Crippen LogP contribution in [0.3, 0.4) is 0 Å². The average molecular weight is 356 g/mol.